The molecule has 224 valence electrons. The molecule has 0 rings (SSSR count). The second-order valence-electron chi connectivity index (χ2n) is 12.3. The third kappa shape index (κ3) is 28.7. The molecule has 0 aliphatic carbocycles. The zero-order valence-corrected chi connectivity index (χ0v) is 26.0. The van der Waals surface area contributed by atoms with Crippen LogP contribution in [0.2, 0.25) is 0 Å². The molecule has 2 nitrogen and oxygen atoms in total. The minimum Gasteiger partial charge on any atom is -0.394 e. The van der Waals surface area contributed by atoms with Gasteiger partial charge >= 0.3 is 0 Å². The highest BCUT2D eigenvalue weighted by molar-refractivity contribution is 4.69. The van der Waals surface area contributed by atoms with E-state index >= 15 is 0 Å². The summed E-state index contributed by atoms with van der Waals surface area (Å²) in [4.78, 5) is 0. The lowest BCUT2D eigenvalue weighted by Crippen LogP contribution is -2.24. The fourth-order valence-corrected chi connectivity index (χ4v) is 5.88. The van der Waals surface area contributed by atoms with Crippen LogP contribution in [0.5, 0.6) is 0 Å². The quantitative estimate of drug-likeness (QED) is 0.0859. The van der Waals surface area contributed by atoms with Crippen LogP contribution in [-0.2, 0) is 0 Å². The van der Waals surface area contributed by atoms with Gasteiger partial charge in [-0.3, -0.25) is 0 Å². The second-order valence-corrected chi connectivity index (χ2v) is 12.3. The molecule has 0 aliphatic heterocycles. The van der Waals surface area contributed by atoms with Gasteiger partial charge in [-0.1, -0.05) is 194 Å². The summed E-state index contributed by atoms with van der Waals surface area (Å²) in [6.07, 6.45) is 40.6. The summed E-state index contributed by atoms with van der Waals surface area (Å²) in [6.45, 7) is 4.51. The molecule has 0 heterocycles. The average Bonchev–Trinajstić information content (AvgIpc) is 2.91. The molecule has 2 heteroatoms. The Labute approximate surface area is 235 Å². The van der Waals surface area contributed by atoms with E-state index in [1.165, 1.54) is 180 Å². The standard InChI is InChI=1S/C35H72O2/c1-3-5-7-9-11-13-15-17-19-21-23-25-27-29-31-34(35(37)33-36)32-30-28-26-24-22-20-18-16-14-12-10-8-6-4-2/h34-37H,3-33H2,1-2H3. The summed E-state index contributed by atoms with van der Waals surface area (Å²) in [5.41, 5.74) is 0. The zero-order valence-electron chi connectivity index (χ0n) is 26.0. The highest BCUT2D eigenvalue weighted by atomic mass is 16.3. The molecule has 0 amide bonds. The van der Waals surface area contributed by atoms with E-state index in [-0.39, 0.29) is 6.61 Å². The van der Waals surface area contributed by atoms with E-state index in [4.69, 9.17) is 0 Å². The van der Waals surface area contributed by atoms with Crippen molar-refractivity contribution in [3.63, 3.8) is 0 Å². The fraction of sp³-hybridized carbons (Fsp3) is 1.00. The first kappa shape index (κ1) is 36.9. The summed E-state index contributed by atoms with van der Waals surface area (Å²) in [7, 11) is 0. The molecule has 0 aromatic carbocycles. The van der Waals surface area contributed by atoms with E-state index in [9.17, 15) is 10.2 Å². The lowest BCUT2D eigenvalue weighted by molar-refractivity contribution is 0.0382. The number of unbranched alkanes of at least 4 members (excludes halogenated alkanes) is 26. The molecule has 0 saturated heterocycles. The number of hydrogen-bond acceptors (Lipinski definition) is 2. The molecule has 0 aromatic heterocycles. The van der Waals surface area contributed by atoms with E-state index in [1.807, 2.05) is 0 Å². The van der Waals surface area contributed by atoms with Crippen LogP contribution in [0, 0.1) is 5.92 Å². The minimum absolute atomic E-state index is 0.0676. The van der Waals surface area contributed by atoms with Gasteiger partial charge in [-0.05, 0) is 18.8 Å². The Morgan fingerprint density at radius 3 is 0.784 bits per heavy atom. The fourth-order valence-electron chi connectivity index (χ4n) is 5.88. The van der Waals surface area contributed by atoms with Gasteiger partial charge in [-0.2, -0.15) is 0 Å². The maximum atomic E-state index is 10.3. The predicted molar refractivity (Wildman–Crippen MR) is 166 cm³/mol. The Hall–Kier alpha value is -0.0800. The van der Waals surface area contributed by atoms with Crippen molar-refractivity contribution in [2.75, 3.05) is 6.61 Å². The predicted octanol–water partition coefficient (Wildman–Crippen LogP) is 11.7. The van der Waals surface area contributed by atoms with Gasteiger partial charge in [0.15, 0.2) is 0 Å². The van der Waals surface area contributed by atoms with Gasteiger partial charge in [0, 0.05) is 0 Å². The van der Waals surface area contributed by atoms with E-state index in [2.05, 4.69) is 13.8 Å². The molecule has 0 spiro atoms. The van der Waals surface area contributed by atoms with Crippen LogP contribution in [0.15, 0.2) is 0 Å². The monoisotopic (exact) mass is 525 g/mol. The Bertz CT molecular complexity index is 365. The molecule has 2 N–H and O–H groups in total. The molecule has 0 fully saturated rings. The first-order valence-electron chi connectivity index (χ1n) is 17.5. The van der Waals surface area contributed by atoms with Gasteiger partial charge in [-0.25, -0.2) is 0 Å². The van der Waals surface area contributed by atoms with Crippen LogP contribution in [-0.4, -0.2) is 22.9 Å². The molecule has 1 unspecified atom stereocenters. The summed E-state index contributed by atoms with van der Waals surface area (Å²) in [5.74, 6) is 0.305. The Kier molecular flexibility index (Phi) is 32.1. The molecule has 0 aliphatic rings. The van der Waals surface area contributed by atoms with Gasteiger partial charge in [0.1, 0.15) is 0 Å². The normalized spacial score (nSPS) is 12.6. The van der Waals surface area contributed by atoms with Gasteiger partial charge in [0.05, 0.1) is 12.7 Å². The van der Waals surface area contributed by atoms with Crippen LogP contribution in [0.25, 0.3) is 0 Å². The first-order chi connectivity index (χ1) is 18.3. The molecular formula is C35H72O2. The maximum Gasteiger partial charge on any atom is 0.0799 e. The van der Waals surface area contributed by atoms with E-state index < -0.39 is 6.10 Å². The molecule has 0 bridgehead atoms. The SMILES string of the molecule is CCCCCCCCCCCCCCCCC(CCCCCCCCCCCCCCCC)C(O)CO. The highest BCUT2D eigenvalue weighted by Crippen LogP contribution is 2.23. The van der Waals surface area contributed by atoms with Crippen LogP contribution in [0.3, 0.4) is 0 Å². The first-order valence-corrected chi connectivity index (χ1v) is 17.5. The van der Waals surface area contributed by atoms with Crippen molar-refractivity contribution in [2.24, 2.45) is 5.92 Å². The van der Waals surface area contributed by atoms with Crippen molar-refractivity contribution in [2.45, 2.75) is 213 Å². The number of aliphatic hydroxyl groups is 2. The molecular weight excluding hydrogens is 452 g/mol. The molecule has 37 heavy (non-hydrogen) atoms. The molecule has 0 saturated carbocycles. The lowest BCUT2D eigenvalue weighted by atomic mass is 9.90. The second kappa shape index (κ2) is 32.1. The van der Waals surface area contributed by atoms with Crippen LogP contribution in [0.4, 0.5) is 0 Å². The van der Waals surface area contributed by atoms with Gasteiger partial charge in [0.25, 0.3) is 0 Å². The van der Waals surface area contributed by atoms with Crippen molar-refractivity contribution >= 4 is 0 Å². The van der Waals surface area contributed by atoms with Crippen LogP contribution in [0.1, 0.15) is 206 Å². The largest absolute Gasteiger partial charge is 0.394 e. The third-order valence-electron chi connectivity index (χ3n) is 8.59. The van der Waals surface area contributed by atoms with Crippen molar-refractivity contribution in [1.29, 1.82) is 0 Å². The lowest BCUT2D eigenvalue weighted by Gasteiger charge is -2.21. The third-order valence-corrected chi connectivity index (χ3v) is 8.59. The van der Waals surface area contributed by atoms with Gasteiger partial charge < -0.3 is 10.2 Å². The molecule has 1 atom stereocenters. The minimum atomic E-state index is -0.510. The van der Waals surface area contributed by atoms with E-state index in [1.54, 1.807) is 0 Å². The molecule has 0 aromatic rings. The summed E-state index contributed by atoms with van der Waals surface area (Å²) >= 11 is 0. The Morgan fingerprint density at radius 2 is 0.568 bits per heavy atom. The molecule has 0 radical (unpaired) electrons. The summed E-state index contributed by atoms with van der Waals surface area (Å²) < 4.78 is 0. The van der Waals surface area contributed by atoms with Gasteiger partial charge in [0.2, 0.25) is 0 Å². The number of aliphatic hydroxyl groups excluding tert-OH is 2. The summed E-state index contributed by atoms with van der Waals surface area (Å²) in [5, 5.41) is 19.8. The van der Waals surface area contributed by atoms with Crippen molar-refractivity contribution in [3.05, 3.63) is 0 Å². The number of rotatable bonds is 32. The average molecular weight is 525 g/mol. The Balaban J connectivity index is 3.50. The van der Waals surface area contributed by atoms with Crippen LogP contribution >= 0.6 is 0 Å². The number of hydrogen-bond donors (Lipinski definition) is 2. The Morgan fingerprint density at radius 1 is 0.351 bits per heavy atom. The van der Waals surface area contributed by atoms with Crippen LogP contribution < -0.4 is 0 Å². The highest BCUT2D eigenvalue weighted by Gasteiger charge is 2.17. The maximum absolute atomic E-state index is 10.3. The zero-order chi connectivity index (χ0) is 27.1. The topological polar surface area (TPSA) is 40.5 Å². The van der Waals surface area contributed by atoms with Crippen molar-refractivity contribution in [1.82, 2.24) is 0 Å². The van der Waals surface area contributed by atoms with E-state index in [0.717, 1.165) is 12.8 Å². The van der Waals surface area contributed by atoms with Crippen molar-refractivity contribution < 1.29 is 10.2 Å². The van der Waals surface area contributed by atoms with E-state index in [0.29, 0.717) is 5.92 Å². The van der Waals surface area contributed by atoms with Crippen molar-refractivity contribution in [3.8, 4) is 0 Å². The van der Waals surface area contributed by atoms with Gasteiger partial charge in [-0.15, -0.1) is 0 Å². The summed E-state index contributed by atoms with van der Waals surface area (Å²) in [6, 6.07) is 0. The smallest absolute Gasteiger partial charge is 0.0799 e.